The Balaban J connectivity index is 0.000000577. The molecule has 0 aliphatic carbocycles. The van der Waals surface area contributed by atoms with E-state index in [-0.39, 0.29) is 0 Å². The van der Waals surface area contributed by atoms with Crippen molar-refractivity contribution >= 4 is 43.0 Å². The topological polar surface area (TPSA) is 83.5 Å². The first-order chi connectivity index (χ1) is 12.3. The van der Waals surface area contributed by atoms with Gasteiger partial charge in [0.15, 0.2) is 0 Å². The minimum atomic E-state index is -2.87. The first kappa shape index (κ1) is 25.8. The molecule has 1 aromatic rings. The second-order valence-corrected chi connectivity index (χ2v) is 10.5. The van der Waals surface area contributed by atoms with E-state index in [4.69, 9.17) is 51.1 Å². The van der Waals surface area contributed by atoms with E-state index >= 15 is 0 Å². The van der Waals surface area contributed by atoms with E-state index in [0.717, 1.165) is 0 Å². The average molecular weight is 444 g/mol. The summed E-state index contributed by atoms with van der Waals surface area (Å²) in [4.78, 5) is 10.2. The molecule has 11 heteroatoms. The largest absolute Gasteiger partial charge is 0.478 e. The van der Waals surface area contributed by atoms with Crippen molar-refractivity contribution in [2.24, 2.45) is 0 Å². The first-order valence-corrected chi connectivity index (χ1v) is 13.1. The Bertz CT molecular complexity index is 565. The van der Waals surface area contributed by atoms with Gasteiger partial charge in [-0.05, 0) is 63.4 Å². The van der Waals surface area contributed by atoms with Gasteiger partial charge in [-0.2, -0.15) is 0 Å². The van der Waals surface area contributed by atoms with Crippen LogP contribution in [0.3, 0.4) is 0 Å². The minimum absolute atomic E-state index is 0.331. The highest BCUT2D eigenvalue weighted by Crippen LogP contribution is 2.66. The number of hydrogen-bond donors (Lipinski definition) is 1. The molecule has 0 bridgehead atoms. The summed E-state index contributed by atoms with van der Waals surface area (Å²) in [6.45, 7) is 3.09. The van der Waals surface area contributed by atoms with Crippen molar-refractivity contribution in [3.05, 3.63) is 35.9 Å². The van der Waals surface area contributed by atoms with Gasteiger partial charge >= 0.3 is 19.4 Å². The molecule has 7 nitrogen and oxygen atoms in total. The Morgan fingerprint density at radius 1 is 0.846 bits per heavy atom. The molecule has 0 fully saturated rings. The van der Waals surface area contributed by atoms with Crippen molar-refractivity contribution < 1.29 is 32.3 Å². The summed E-state index contributed by atoms with van der Waals surface area (Å²) in [5.41, 5.74) is 0.331. The zero-order valence-electron chi connectivity index (χ0n) is 15.3. The van der Waals surface area contributed by atoms with Gasteiger partial charge < -0.3 is 23.2 Å². The van der Waals surface area contributed by atoms with E-state index in [1.54, 1.807) is 30.3 Å². The summed E-state index contributed by atoms with van der Waals surface area (Å²) >= 11 is 10.4. The maximum Gasteiger partial charge on any atom is 0.335 e. The smallest absolute Gasteiger partial charge is 0.335 e. The number of aromatic carboxylic acids is 1. The number of hydrogen-bond acceptors (Lipinski definition) is 8. The van der Waals surface area contributed by atoms with Crippen LogP contribution in [0.1, 0.15) is 38.1 Å². The SMILES string of the molecule is CCOP(=S)(OCC)OP(=S)(OCC)OCC.O=C(O)c1ccccc1. The molecule has 0 radical (unpaired) electrons. The number of rotatable bonds is 11. The van der Waals surface area contributed by atoms with Crippen molar-refractivity contribution in [1.82, 2.24) is 0 Å². The van der Waals surface area contributed by atoms with Crippen LogP contribution in [0.5, 0.6) is 0 Å². The molecule has 0 aliphatic heterocycles. The number of benzene rings is 1. The summed E-state index contributed by atoms with van der Waals surface area (Å²) in [5.74, 6) is -0.879. The molecular weight excluding hydrogens is 418 g/mol. The van der Waals surface area contributed by atoms with E-state index in [2.05, 4.69) is 0 Å². The predicted octanol–water partition coefficient (Wildman–Crippen LogP) is 4.98. The molecule has 26 heavy (non-hydrogen) atoms. The van der Waals surface area contributed by atoms with Gasteiger partial charge in [0.05, 0.1) is 32.0 Å². The lowest BCUT2D eigenvalue weighted by atomic mass is 10.2. The summed E-state index contributed by atoms with van der Waals surface area (Å²) in [7, 11) is 0. The van der Waals surface area contributed by atoms with Crippen LogP contribution < -0.4 is 0 Å². The lowest BCUT2D eigenvalue weighted by Crippen LogP contribution is -2.03. The van der Waals surface area contributed by atoms with E-state index in [1.807, 2.05) is 27.7 Å². The molecule has 0 atom stereocenters. The fraction of sp³-hybridized carbons (Fsp3) is 0.533. The lowest BCUT2D eigenvalue weighted by Gasteiger charge is -2.27. The molecule has 150 valence electrons. The molecular formula is C15H26O7P2S2. The van der Waals surface area contributed by atoms with Gasteiger partial charge in [-0.15, -0.1) is 0 Å². The quantitative estimate of drug-likeness (QED) is 0.475. The highest BCUT2D eigenvalue weighted by Gasteiger charge is 2.31. The van der Waals surface area contributed by atoms with Gasteiger partial charge in [0.1, 0.15) is 0 Å². The van der Waals surface area contributed by atoms with E-state index in [0.29, 0.717) is 32.0 Å². The van der Waals surface area contributed by atoms with Crippen molar-refractivity contribution in [2.75, 3.05) is 26.4 Å². The molecule has 0 amide bonds. The first-order valence-electron chi connectivity index (χ1n) is 8.03. The summed E-state index contributed by atoms with van der Waals surface area (Å²) in [5, 5.41) is 8.38. The molecule has 0 aliphatic rings. The highest BCUT2D eigenvalue weighted by atomic mass is 32.5. The summed E-state index contributed by atoms with van der Waals surface area (Å²) < 4.78 is 26.9. The van der Waals surface area contributed by atoms with Gasteiger partial charge in [-0.1, -0.05) is 18.2 Å². The molecule has 1 aromatic carbocycles. The van der Waals surface area contributed by atoms with Crippen LogP contribution >= 0.6 is 13.4 Å². The number of carbonyl (C=O) groups is 1. The Hall–Kier alpha value is -0.210. The Morgan fingerprint density at radius 3 is 1.42 bits per heavy atom. The van der Waals surface area contributed by atoms with Crippen LogP contribution in [0.15, 0.2) is 30.3 Å². The molecule has 0 spiro atoms. The van der Waals surface area contributed by atoms with E-state index in [1.165, 1.54) is 0 Å². The maximum atomic E-state index is 10.2. The lowest BCUT2D eigenvalue weighted by molar-refractivity contribution is 0.0696. The highest BCUT2D eigenvalue weighted by molar-refractivity contribution is 8.14. The molecule has 0 heterocycles. The van der Waals surface area contributed by atoms with Crippen molar-refractivity contribution in [3.63, 3.8) is 0 Å². The third-order valence-electron chi connectivity index (χ3n) is 2.37. The molecule has 0 aromatic heterocycles. The van der Waals surface area contributed by atoms with Crippen LogP contribution in [0.4, 0.5) is 0 Å². The monoisotopic (exact) mass is 444 g/mol. The number of carboxylic acids is 1. The van der Waals surface area contributed by atoms with Crippen LogP contribution in [0.25, 0.3) is 0 Å². The Labute approximate surface area is 165 Å². The Morgan fingerprint density at radius 2 is 1.19 bits per heavy atom. The summed E-state index contributed by atoms with van der Waals surface area (Å²) in [6, 6.07) is 8.30. The molecule has 0 unspecified atom stereocenters. The molecule has 0 saturated carbocycles. The third-order valence-corrected chi connectivity index (χ3v) is 8.73. The number of carboxylic acid groups (broad SMARTS) is 1. The van der Waals surface area contributed by atoms with Gasteiger partial charge in [0.2, 0.25) is 0 Å². The third kappa shape index (κ3) is 10.8. The molecule has 1 rings (SSSR count). The minimum Gasteiger partial charge on any atom is -0.478 e. The van der Waals surface area contributed by atoms with E-state index < -0.39 is 19.4 Å². The summed E-state index contributed by atoms with van der Waals surface area (Å²) in [6.07, 6.45) is 0. The molecule has 1 N–H and O–H groups in total. The van der Waals surface area contributed by atoms with Crippen LogP contribution in [0, 0.1) is 0 Å². The van der Waals surface area contributed by atoms with Crippen molar-refractivity contribution in [2.45, 2.75) is 27.7 Å². The average Bonchev–Trinajstić information content (AvgIpc) is 2.56. The van der Waals surface area contributed by atoms with E-state index in [9.17, 15) is 4.79 Å². The molecule has 0 saturated heterocycles. The van der Waals surface area contributed by atoms with Crippen LogP contribution in [0.2, 0.25) is 0 Å². The second-order valence-electron chi connectivity index (χ2n) is 4.32. The van der Waals surface area contributed by atoms with Gasteiger partial charge in [-0.25, -0.2) is 9.11 Å². The Kier molecular flexibility index (Phi) is 13.8. The van der Waals surface area contributed by atoms with Gasteiger partial charge in [-0.3, -0.25) is 0 Å². The van der Waals surface area contributed by atoms with Gasteiger partial charge in [0, 0.05) is 0 Å². The zero-order chi connectivity index (χ0) is 20.1. The van der Waals surface area contributed by atoms with Crippen LogP contribution in [-0.2, 0) is 46.0 Å². The van der Waals surface area contributed by atoms with Gasteiger partial charge in [0.25, 0.3) is 0 Å². The zero-order valence-corrected chi connectivity index (χ0v) is 18.7. The maximum absolute atomic E-state index is 10.2. The standard InChI is InChI=1S/C8H20O5P2S2.C7H6O2/c1-5-9-14(16,10-6-2)13-15(17,11-7-3)12-8-4;8-7(9)6-4-2-1-3-5-6/h5-8H2,1-4H3;1-5H,(H,8,9). The normalized spacial score (nSPS) is 11.5. The van der Waals surface area contributed by atoms with Crippen molar-refractivity contribution in [1.29, 1.82) is 0 Å². The fourth-order valence-electron chi connectivity index (χ4n) is 1.50. The predicted molar refractivity (Wildman–Crippen MR) is 110 cm³/mol. The fourth-order valence-corrected chi connectivity index (χ4v) is 7.88. The van der Waals surface area contributed by atoms with Crippen molar-refractivity contribution in [3.8, 4) is 0 Å². The second kappa shape index (κ2) is 13.9. The van der Waals surface area contributed by atoms with Crippen LogP contribution in [-0.4, -0.2) is 37.5 Å².